The van der Waals surface area contributed by atoms with E-state index in [2.05, 4.69) is 27.6 Å². The Labute approximate surface area is 113 Å². The Balaban J connectivity index is 2.69. The standard InChI is InChI=1S/C13H12FIN2/c1-17(2)8-16-13-10-6-4-3-5-9(10)11(14)7-12(13)15/h3-8H,1-2H3/b16-8+. The molecule has 0 radical (unpaired) electrons. The Bertz CT molecular complexity index is 579. The molecule has 0 bridgehead atoms. The number of nitrogens with zero attached hydrogens (tertiary/aromatic N) is 2. The maximum atomic E-state index is 13.8. The van der Waals surface area contributed by atoms with Gasteiger partial charge in [0.05, 0.1) is 12.0 Å². The van der Waals surface area contributed by atoms with E-state index in [0.717, 1.165) is 14.6 Å². The Morgan fingerprint density at radius 1 is 1.24 bits per heavy atom. The summed E-state index contributed by atoms with van der Waals surface area (Å²) in [7, 11) is 3.81. The van der Waals surface area contributed by atoms with Gasteiger partial charge in [-0.2, -0.15) is 0 Å². The second-order valence-corrected chi connectivity index (χ2v) is 5.10. The molecular formula is C13H12FIN2. The zero-order chi connectivity index (χ0) is 12.4. The monoisotopic (exact) mass is 342 g/mol. The van der Waals surface area contributed by atoms with Crippen molar-refractivity contribution in [2.45, 2.75) is 0 Å². The molecule has 0 aliphatic carbocycles. The molecule has 17 heavy (non-hydrogen) atoms. The van der Waals surface area contributed by atoms with Gasteiger partial charge in [0.15, 0.2) is 0 Å². The van der Waals surface area contributed by atoms with Gasteiger partial charge in [-0.3, -0.25) is 0 Å². The van der Waals surface area contributed by atoms with Gasteiger partial charge in [-0.25, -0.2) is 9.38 Å². The first kappa shape index (κ1) is 12.3. The van der Waals surface area contributed by atoms with Crippen LogP contribution < -0.4 is 0 Å². The van der Waals surface area contributed by atoms with Crippen LogP contribution in [0.2, 0.25) is 0 Å². The van der Waals surface area contributed by atoms with Crippen LogP contribution in [0.1, 0.15) is 0 Å². The van der Waals surface area contributed by atoms with E-state index in [0.29, 0.717) is 5.39 Å². The quantitative estimate of drug-likeness (QED) is 0.460. The summed E-state index contributed by atoms with van der Waals surface area (Å²) in [6.07, 6.45) is 1.72. The van der Waals surface area contributed by atoms with E-state index in [4.69, 9.17) is 0 Å². The van der Waals surface area contributed by atoms with Crippen LogP contribution in [0.3, 0.4) is 0 Å². The number of halogens is 2. The van der Waals surface area contributed by atoms with E-state index >= 15 is 0 Å². The normalized spacial score (nSPS) is 11.3. The van der Waals surface area contributed by atoms with E-state index < -0.39 is 0 Å². The fraction of sp³-hybridized carbons (Fsp3) is 0.154. The Kier molecular flexibility index (Phi) is 3.61. The van der Waals surface area contributed by atoms with Crippen LogP contribution in [-0.4, -0.2) is 25.3 Å². The third-order valence-electron chi connectivity index (χ3n) is 2.34. The van der Waals surface area contributed by atoms with E-state index in [1.54, 1.807) is 12.4 Å². The minimum atomic E-state index is -0.200. The molecule has 0 N–H and O–H groups in total. The van der Waals surface area contributed by atoms with Crippen molar-refractivity contribution in [2.75, 3.05) is 14.1 Å². The number of hydrogen-bond donors (Lipinski definition) is 0. The summed E-state index contributed by atoms with van der Waals surface area (Å²) < 4.78 is 14.6. The van der Waals surface area contributed by atoms with E-state index in [9.17, 15) is 4.39 Å². The molecule has 0 unspecified atom stereocenters. The third-order valence-corrected chi connectivity index (χ3v) is 3.16. The Morgan fingerprint density at radius 2 is 1.88 bits per heavy atom. The summed E-state index contributed by atoms with van der Waals surface area (Å²) >= 11 is 2.11. The van der Waals surface area contributed by atoms with Gasteiger partial charge in [0, 0.05) is 28.4 Å². The second-order valence-electron chi connectivity index (χ2n) is 3.94. The van der Waals surface area contributed by atoms with Gasteiger partial charge in [-0.1, -0.05) is 24.3 Å². The fourth-order valence-corrected chi connectivity index (χ4v) is 2.29. The van der Waals surface area contributed by atoms with Crippen molar-refractivity contribution in [1.82, 2.24) is 4.90 Å². The summed E-state index contributed by atoms with van der Waals surface area (Å²) in [5.74, 6) is -0.200. The molecule has 0 fully saturated rings. The number of fused-ring (bicyclic) bond motifs is 1. The molecule has 4 heteroatoms. The van der Waals surface area contributed by atoms with Crippen molar-refractivity contribution >= 4 is 45.4 Å². The molecule has 0 heterocycles. The summed E-state index contributed by atoms with van der Waals surface area (Å²) in [5, 5.41) is 1.45. The van der Waals surface area contributed by atoms with Gasteiger partial charge in [0.1, 0.15) is 5.82 Å². The summed E-state index contributed by atoms with van der Waals surface area (Å²) in [4.78, 5) is 6.26. The molecule has 0 aliphatic rings. The maximum absolute atomic E-state index is 13.8. The van der Waals surface area contributed by atoms with Crippen LogP contribution in [0.5, 0.6) is 0 Å². The molecular weight excluding hydrogens is 330 g/mol. The smallest absolute Gasteiger partial charge is 0.132 e. The van der Waals surface area contributed by atoms with Gasteiger partial charge in [-0.05, 0) is 28.7 Å². The van der Waals surface area contributed by atoms with Gasteiger partial charge in [0.25, 0.3) is 0 Å². The van der Waals surface area contributed by atoms with Crippen LogP contribution in [-0.2, 0) is 0 Å². The first-order chi connectivity index (χ1) is 8.09. The number of aliphatic imine (C=N–C) groups is 1. The topological polar surface area (TPSA) is 15.6 Å². The predicted molar refractivity (Wildman–Crippen MR) is 78.5 cm³/mol. The Hall–Kier alpha value is -1.17. The van der Waals surface area contributed by atoms with Crippen molar-refractivity contribution in [3.05, 3.63) is 39.7 Å². The van der Waals surface area contributed by atoms with Gasteiger partial charge >= 0.3 is 0 Å². The van der Waals surface area contributed by atoms with Crippen LogP contribution in [0.4, 0.5) is 10.1 Å². The van der Waals surface area contributed by atoms with Crippen LogP contribution in [0.25, 0.3) is 10.8 Å². The van der Waals surface area contributed by atoms with Crippen molar-refractivity contribution in [2.24, 2.45) is 4.99 Å². The highest BCUT2D eigenvalue weighted by molar-refractivity contribution is 14.1. The Morgan fingerprint density at radius 3 is 2.53 bits per heavy atom. The molecule has 0 atom stereocenters. The van der Waals surface area contributed by atoms with Gasteiger partial charge < -0.3 is 4.90 Å². The summed E-state index contributed by atoms with van der Waals surface area (Å²) in [6, 6.07) is 8.91. The largest absolute Gasteiger partial charge is 0.369 e. The molecule has 2 aromatic carbocycles. The molecule has 2 rings (SSSR count). The minimum absolute atomic E-state index is 0.200. The molecule has 0 saturated heterocycles. The lowest BCUT2D eigenvalue weighted by Gasteiger charge is -2.08. The van der Waals surface area contributed by atoms with Crippen LogP contribution in [0.15, 0.2) is 35.3 Å². The van der Waals surface area contributed by atoms with Crippen molar-refractivity contribution in [1.29, 1.82) is 0 Å². The lowest BCUT2D eigenvalue weighted by molar-refractivity contribution is 0.638. The van der Waals surface area contributed by atoms with Gasteiger partial charge in [-0.15, -0.1) is 0 Å². The van der Waals surface area contributed by atoms with Crippen molar-refractivity contribution in [3.8, 4) is 0 Å². The average molecular weight is 342 g/mol. The first-order valence-electron chi connectivity index (χ1n) is 5.17. The zero-order valence-corrected chi connectivity index (χ0v) is 11.8. The maximum Gasteiger partial charge on any atom is 0.132 e. The second kappa shape index (κ2) is 5.00. The van der Waals surface area contributed by atoms with E-state index in [-0.39, 0.29) is 5.82 Å². The van der Waals surface area contributed by atoms with Crippen molar-refractivity contribution in [3.63, 3.8) is 0 Å². The lowest BCUT2D eigenvalue weighted by Crippen LogP contribution is -2.07. The highest BCUT2D eigenvalue weighted by Gasteiger charge is 2.08. The number of benzene rings is 2. The fourth-order valence-electron chi connectivity index (χ4n) is 1.59. The molecule has 2 nitrogen and oxygen atoms in total. The number of hydrogen-bond acceptors (Lipinski definition) is 1. The molecule has 88 valence electrons. The molecule has 0 saturated carbocycles. The summed E-state index contributed by atoms with van der Waals surface area (Å²) in [6.45, 7) is 0. The first-order valence-corrected chi connectivity index (χ1v) is 6.25. The van der Waals surface area contributed by atoms with E-state index in [1.807, 2.05) is 37.2 Å². The lowest BCUT2D eigenvalue weighted by atomic mass is 10.1. The summed E-state index contributed by atoms with van der Waals surface area (Å²) in [5.41, 5.74) is 0.816. The molecule has 0 amide bonds. The zero-order valence-electron chi connectivity index (χ0n) is 9.61. The van der Waals surface area contributed by atoms with Crippen LogP contribution in [0, 0.1) is 9.39 Å². The van der Waals surface area contributed by atoms with Gasteiger partial charge in [0.2, 0.25) is 0 Å². The van der Waals surface area contributed by atoms with Crippen LogP contribution >= 0.6 is 22.6 Å². The third kappa shape index (κ3) is 2.57. The molecule has 0 spiro atoms. The molecule has 0 aliphatic heterocycles. The minimum Gasteiger partial charge on any atom is -0.369 e. The average Bonchev–Trinajstić information content (AvgIpc) is 2.28. The molecule has 2 aromatic rings. The van der Waals surface area contributed by atoms with Crippen molar-refractivity contribution < 1.29 is 4.39 Å². The predicted octanol–water partition coefficient (Wildman–Crippen LogP) is 3.80. The molecule has 0 aromatic heterocycles. The SMILES string of the molecule is CN(C)/C=N/c1c(I)cc(F)c2ccccc12. The highest BCUT2D eigenvalue weighted by atomic mass is 127. The van der Waals surface area contributed by atoms with E-state index in [1.165, 1.54) is 6.07 Å². The highest BCUT2D eigenvalue weighted by Crippen LogP contribution is 2.32. The number of rotatable bonds is 2.